The van der Waals surface area contributed by atoms with Gasteiger partial charge in [0.25, 0.3) is 0 Å². The second-order valence-corrected chi connectivity index (χ2v) is 21.0. The largest absolute Gasteiger partial charge is 0.463 e. The quantitative estimate of drug-likeness (QED) is 0.0144. The molecule has 0 spiro atoms. The van der Waals surface area contributed by atoms with Crippen LogP contribution >= 0.6 is 0 Å². The fourth-order valence-corrected chi connectivity index (χ4v) is 9.70. The zero-order valence-electron chi connectivity index (χ0n) is 46.2. The Bertz CT molecular complexity index is 1390. The van der Waals surface area contributed by atoms with Gasteiger partial charge in [0.15, 0.2) is 12.4 Å². The van der Waals surface area contributed by atoms with Gasteiger partial charge in [0, 0.05) is 25.9 Å². The summed E-state index contributed by atoms with van der Waals surface area (Å²) < 4.78 is 40.6. The van der Waals surface area contributed by atoms with Crippen molar-refractivity contribution in [3.8, 4) is 0 Å². The van der Waals surface area contributed by atoms with Crippen molar-refractivity contribution in [3.05, 3.63) is 0 Å². The van der Waals surface area contributed by atoms with E-state index in [1.54, 1.807) is 6.92 Å². The summed E-state index contributed by atoms with van der Waals surface area (Å²) in [6.07, 6.45) is 20.1. The summed E-state index contributed by atoms with van der Waals surface area (Å²) >= 11 is 0. The van der Waals surface area contributed by atoms with E-state index in [1.807, 2.05) is 0 Å². The number of aliphatic hydroxyl groups is 6. The number of hydrogen-bond donors (Lipinski definition) is 6. The van der Waals surface area contributed by atoms with Gasteiger partial charge in [-0.1, -0.05) is 220 Å². The first-order chi connectivity index (χ1) is 35.3. The highest BCUT2D eigenvalue weighted by Crippen LogP contribution is 2.44. The minimum Gasteiger partial charge on any atom is -0.463 e. The van der Waals surface area contributed by atoms with Crippen molar-refractivity contribution in [1.29, 1.82) is 0 Å². The molecule has 0 aliphatic carbocycles. The minimum absolute atomic E-state index is 0.0794. The van der Waals surface area contributed by atoms with Crippen LogP contribution in [0.1, 0.15) is 265 Å². The standard InChI is InChI=1S/C57H106O16/c1-5-9-12-15-18-20-22-24-26-28-31-34-37-40-48(60)72-56(65)53(71-54-52(64)51(63)50(62)46(69-54)44-68-47(59)39-36-33-30-17-14-11-7-3)45(43-58)70-55(67-42-8-4)57(56,66)73-49(61)41-38-35-32-29-27-25-23-21-19-16-13-10-6-2/h45-46,50-55,58,62-66H,5-44H2,1-4H3/t45-,46-,50-,51+,52-,53-,54-,55+,56-,57-/m1/s1. The zero-order chi connectivity index (χ0) is 53.6. The lowest BCUT2D eigenvalue weighted by molar-refractivity contribution is -0.493. The molecule has 0 aromatic heterocycles. The van der Waals surface area contributed by atoms with Crippen LogP contribution in [0.15, 0.2) is 0 Å². The molecule has 0 aromatic rings. The zero-order valence-corrected chi connectivity index (χ0v) is 46.2. The molecule has 10 atom stereocenters. The Morgan fingerprint density at radius 3 is 1.19 bits per heavy atom. The van der Waals surface area contributed by atoms with Gasteiger partial charge in [0.2, 0.25) is 6.29 Å². The van der Waals surface area contributed by atoms with E-state index in [1.165, 1.54) is 89.9 Å². The first-order valence-corrected chi connectivity index (χ1v) is 29.6. The maximum Gasteiger partial charge on any atom is 0.331 e. The highest BCUT2D eigenvalue weighted by molar-refractivity contribution is 5.71. The third-order valence-electron chi connectivity index (χ3n) is 14.4. The number of rotatable bonds is 46. The Hall–Kier alpha value is -1.99. The van der Waals surface area contributed by atoms with Crippen molar-refractivity contribution in [1.82, 2.24) is 0 Å². The normalized spacial score (nSPS) is 26.2. The molecule has 2 aliphatic heterocycles. The van der Waals surface area contributed by atoms with Crippen LogP contribution in [0.3, 0.4) is 0 Å². The average Bonchev–Trinajstić information content (AvgIpc) is 3.37. The predicted molar refractivity (Wildman–Crippen MR) is 280 cm³/mol. The fourth-order valence-electron chi connectivity index (χ4n) is 9.70. The Balaban J connectivity index is 2.24. The van der Waals surface area contributed by atoms with Crippen LogP contribution < -0.4 is 0 Å². The third-order valence-corrected chi connectivity index (χ3v) is 14.4. The van der Waals surface area contributed by atoms with Crippen molar-refractivity contribution in [3.63, 3.8) is 0 Å². The Kier molecular flexibility index (Phi) is 37.8. The molecule has 0 aromatic carbocycles. The second-order valence-electron chi connectivity index (χ2n) is 21.0. The summed E-state index contributed by atoms with van der Waals surface area (Å²) in [6.45, 7) is 6.79. The summed E-state index contributed by atoms with van der Waals surface area (Å²) in [5.74, 6) is -9.20. The summed E-state index contributed by atoms with van der Waals surface area (Å²) in [5.41, 5.74) is 0. The lowest BCUT2D eigenvalue weighted by Crippen LogP contribution is -2.78. The molecule has 0 radical (unpaired) electrons. The molecule has 2 saturated heterocycles. The highest BCUT2D eigenvalue weighted by Gasteiger charge is 2.73. The molecular formula is C57H106O16. The summed E-state index contributed by atoms with van der Waals surface area (Å²) in [6, 6.07) is 0. The number of carbonyl (C=O) groups excluding carboxylic acids is 3. The molecular weight excluding hydrogens is 941 g/mol. The van der Waals surface area contributed by atoms with Gasteiger partial charge in [-0.25, -0.2) is 0 Å². The van der Waals surface area contributed by atoms with Crippen LogP contribution in [-0.4, -0.2) is 129 Å². The molecule has 430 valence electrons. The van der Waals surface area contributed by atoms with Crippen molar-refractivity contribution in [2.24, 2.45) is 0 Å². The van der Waals surface area contributed by atoms with Gasteiger partial charge in [-0.05, 0) is 25.7 Å². The van der Waals surface area contributed by atoms with Gasteiger partial charge in [-0.3, -0.25) is 14.4 Å². The molecule has 2 rings (SSSR count). The van der Waals surface area contributed by atoms with E-state index in [0.717, 1.165) is 89.9 Å². The van der Waals surface area contributed by atoms with Crippen LogP contribution in [0.5, 0.6) is 0 Å². The monoisotopic (exact) mass is 1050 g/mol. The van der Waals surface area contributed by atoms with Gasteiger partial charge in [-0.2, -0.15) is 0 Å². The Morgan fingerprint density at radius 1 is 0.438 bits per heavy atom. The van der Waals surface area contributed by atoms with E-state index in [9.17, 15) is 45.0 Å². The number of carbonyl (C=O) groups is 3. The Morgan fingerprint density at radius 2 is 0.808 bits per heavy atom. The van der Waals surface area contributed by atoms with Crippen molar-refractivity contribution >= 4 is 17.9 Å². The number of unbranched alkanes of at least 4 members (excludes halogenated alkanes) is 30. The molecule has 0 saturated carbocycles. The number of hydrogen-bond acceptors (Lipinski definition) is 16. The number of esters is 3. The predicted octanol–water partition coefficient (Wildman–Crippen LogP) is 10.4. The smallest absolute Gasteiger partial charge is 0.331 e. The van der Waals surface area contributed by atoms with Gasteiger partial charge >= 0.3 is 29.5 Å². The Labute approximate surface area is 440 Å². The lowest BCUT2D eigenvalue weighted by Gasteiger charge is -2.54. The molecule has 2 fully saturated rings. The topological polar surface area (TPSA) is 237 Å². The van der Waals surface area contributed by atoms with Crippen molar-refractivity contribution in [2.75, 3.05) is 19.8 Å². The van der Waals surface area contributed by atoms with Gasteiger partial charge in [-0.15, -0.1) is 0 Å². The van der Waals surface area contributed by atoms with Crippen molar-refractivity contribution < 1.29 is 78.2 Å². The second kappa shape index (κ2) is 41.2. The maximum absolute atomic E-state index is 13.8. The third kappa shape index (κ3) is 26.3. The molecule has 16 nitrogen and oxygen atoms in total. The summed E-state index contributed by atoms with van der Waals surface area (Å²) in [7, 11) is 0. The molecule has 0 bridgehead atoms. The average molecular weight is 1050 g/mol. The molecule has 0 amide bonds. The first-order valence-electron chi connectivity index (χ1n) is 29.6. The van der Waals surface area contributed by atoms with Crippen LogP contribution in [0.2, 0.25) is 0 Å². The van der Waals surface area contributed by atoms with Gasteiger partial charge in [0.05, 0.1) is 6.61 Å². The van der Waals surface area contributed by atoms with E-state index in [2.05, 4.69) is 20.8 Å². The number of ether oxygens (including phenoxy) is 7. The minimum atomic E-state index is -3.38. The lowest BCUT2D eigenvalue weighted by atomic mass is 9.90. The molecule has 2 heterocycles. The summed E-state index contributed by atoms with van der Waals surface area (Å²) in [4.78, 5) is 40.2. The molecule has 73 heavy (non-hydrogen) atoms. The molecule has 6 N–H and O–H groups in total. The van der Waals surface area contributed by atoms with E-state index in [0.29, 0.717) is 38.5 Å². The van der Waals surface area contributed by atoms with Crippen LogP contribution in [0, 0.1) is 0 Å². The molecule has 16 heteroatoms. The number of aliphatic hydroxyl groups excluding tert-OH is 4. The maximum atomic E-state index is 13.8. The van der Waals surface area contributed by atoms with Gasteiger partial charge < -0.3 is 63.8 Å². The van der Waals surface area contributed by atoms with E-state index < -0.39 is 91.9 Å². The van der Waals surface area contributed by atoms with Crippen LogP contribution in [-0.2, 0) is 47.5 Å². The highest BCUT2D eigenvalue weighted by atomic mass is 16.8. The first kappa shape index (κ1) is 67.1. The van der Waals surface area contributed by atoms with E-state index in [4.69, 9.17) is 33.2 Å². The van der Waals surface area contributed by atoms with E-state index in [-0.39, 0.29) is 25.9 Å². The van der Waals surface area contributed by atoms with Crippen molar-refractivity contribution in [2.45, 2.75) is 326 Å². The van der Waals surface area contributed by atoms with E-state index >= 15 is 0 Å². The fraction of sp³-hybridized carbons (Fsp3) is 0.947. The molecule has 2 aliphatic rings. The van der Waals surface area contributed by atoms with Crippen LogP contribution in [0.25, 0.3) is 0 Å². The van der Waals surface area contributed by atoms with Gasteiger partial charge in [0.1, 0.15) is 37.1 Å². The SMILES string of the molecule is CCCCCCCCCCCCCCCC(=O)O[C@]1(O)[C@@H](OCCC)O[C@H](CO)[C@@H](O[C@H]2O[C@H](COC(=O)CCCCCCCCC)[C@@H](O)[C@H](O)[C@H]2O)[C@@]1(O)OC(=O)CCCCCCCCCCCCCCC. The summed E-state index contributed by atoms with van der Waals surface area (Å²) in [5, 5.41) is 69.2. The van der Waals surface area contributed by atoms with Crippen LogP contribution in [0.4, 0.5) is 0 Å². The molecule has 0 unspecified atom stereocenters.